The number of aryl methyl sites for hydroxylation is 2. The van der Waals surface area contributed by atoms with Gasteiger partial charge in [-0.2, -0.15) is 0 Å². The van der Waals surface area contributed by atoms with Crippen molar-refractivity contribution in [3.63, 3.8) is 0 Å². The molecular formula is C20H20BrN5O2S. The Morgan fingerprint density at radius 2 is 1.97 bits per heavy atom. The Bertz CT molecular complexity index is 1050. The van der Waals surface area contributed by atoms with Gasteiger partial charge in [-0.15, -0.1) is 10.2 Å². The van der Waals surface area contributed by atoms with Crippen LogP contribution in [0, 0.1) is 13.8 Å². The van der Waals surface area contributed by atoms with Gasteiger partial charge in [0.05, 0.1) is 13.2 Å². The van der Waals surface area contributed by atoms with Crippen LogP contribution in [-0.4, -0.2) is 33.1 Å². The number of halogens is 1. The maximum atomic E-state index is 13.2. The third kappa shape index (κ3) is 3.97. The standard InChI is InChI=1S/C20H20BrN5O2S/c1-11-10-14(6-9-16(11)21)22-19(27)18-17(13-4-7-15(28-3)8-5-13)25-26-12(2)23-24-20(26)29-18/h4-10,17-18,25H,1-3H3,(H,22,27). The molecule has 3 aromatic rings. The molecule has 2 N–H and O–H groups in total. The van der Waals surface area contributed by atoms with Crippen molar-refractivity contribution in [1.82, 2.24) is 14.9 Å². The van der Waals surface area contributed by atoms with E-state index in [4.69, 9.17) is 4.74 Å². The van der Waals surface area contributed by atoms with Gasteiger partial charge in [-0.1, -0.05) is 39.8 Å². The monoisotopic (exact) mass is 473 g/mol. The molecule has 0 bridgehead atoms. The highest BCUT2D eigenvalue weighted by atomic mass is 79.9. The van der Waals surface area contributed by atoms with E-state index in [1.54, 1.807) is 7.11 Å². The van der Waals surface area contributed by atoms with Gasteiger partial charge in [0, 0.05) is 10.2 Å². The zero-order chi connectivity index (χ0) is 20.5. The summed E-state index contributed by atoms with van der Waals surface area (Å²) in [5.41, 5.74) is 6.19. The summed E-state index contributed by atoms with van der Waals surface area (Å²) in [6.07, 6.45) is 0. The van der Waals surface area contributed by atoms with E-state index in [1.165, 1.54) is 11.8 Å². The second-order valence-corrected chi connectivity index (χ2v) is 8.70. The highest BCUT2D eigenvalue weighted by molar-refractivity contribution is 9.10. The second-order valence-electron chi connectivity index (χ2n) is 6.74. The Hall–Kier alpha value is -2.52. The van der Waals surface area contributed by atoms with Crippen LogP contribution < -0.4 is 15.5 Å². The summed E-state index contributed by atoms with van der Waals surface area (Å²) in [7, 11) is 1.63. The predicted molar refractivity (Wildman–Crippen MR) is 117 cm³/mol. The number of benzene rings is 2. The van der Waals surface area contributed by atoms with E-state index >= 15 is 0 Å². The summed E-state index contributed by atoms with van der Waals surface area (Å²) in [6, 6.07) is 13.2. The maximum Gasteiger partial charge on any atom is 0.240 e. The molecule has 0 aliphatic carbocycles. The molecule has 29 heavy (non-hydrogen) atoms. The van der Waals surface area contributed by atoms with Crippen LogP contribution in [0.2, 0.25) is 0 Å². The van der Waals surface area contributed by atoms with Gasteiger partial charge >= 0.3 is 0 Å². The number of anilines is 1. The van der Waals surface area contributed by atoms with Crippen molar-refractivity contribution in [3.05, 3.63) is 63.9 Å². The topological polar surface area (TPSA) is 81.1 Å². The van der Waals surface area contributed by atoms with Gasteiger partial charge < -0.3 is 15.5 Å². The SMILES string of the molecule is COc1ccc(C2Nn3c(C)nnc3SC2C(=O)Nc2ccc(Br)c(C)c2)cc1. The lowest BCUT2D eigenvalue weighted by atomic mass is 10.0. The molecule has 4 rings (SSSR count). The molecule has 1 aliphatic rings. The number of thioether (sulfide) groups is 1. The number of carbonyl (C=O) groups is 1. The van der Waals surface area contributed by atoms with Gasteiger partial charge in [-0.05, 0) is 55.3 Å². The molecular weight excluding hydrogens is 454 g/mol. The molecule has 1 aliphatic heterocycles. The first-order chi connectivity index (χ1) is 14.0. The number of carbonyl (C=O) groups excluding carboxylic acids is 1. The number of nitrogens with one attached hydrogen (secondary N) is 2. The summed E-state index contributed by atoms with van der Waals surface area (Å²) in [5.74, 6) is 1.41. The number of hydrogen-bond acceptors (Lipinski definition) is 6. The fourth-order valence-electron chi connectivity index (χ4n) is 3.16. The van der Waals surface area contributed by atoms with Gasteiger partial charge in [0.25, 0.3) is 0 Å². The first-order valence-electron chi connectivity index (χ1n) is 9.02. The molecule has 1 amide bonds. The average Bonchev–Trinajstić information content (AvgIpc) is 3.10. The minimum Gasteiger partial charge on any atom is -0.497 e. The Morgan fingerprint density at radius 1 is 1.21 bits per heavy atom. The molecule has 150 valence electrons. The van der Waals surface area contributed by atoms with Gasteiger partial charge in [0.1, 0.15) is 16.8 Å². The van der Waals surface area contributed by atoms with E-state index in [1.807, 2.05) is 61.0 Å². The molecule has 2 unspecified atom stereocenters. The number of nitrogens with zero attached hydrogens (tertiary/aromatic N) is 3. The van der Waals surface area contributed by atoms with E-state index in [0.717, 1.165) is 32.9 Å². The largest absolute Gasteiger partial charge is 0.497 e. The van der Waals surface area contributed by atoms with Crippen molar-refractivity contribution in [3.8, 4) is 5.75 Å². The highest BCUT2D eigenvalue weighted by Gasteiger charge is 2.37. The molecule has 2 aromatic carbocycles. The number of hydrogen-bond donors (Lipinski definition) is 2. The fourth-order valence-corrected chi connectivity index (χ4v) is 4.53. The number of aromatic nitrogens is 3. The van der Waals surface area contributed by atoms with Crippen molar-refractivity contribution >= 4 is 39.3 Å². The molecule has 0 fully saturated rings. The smallest absolute Gasteiger partial charge is 0.240 e. The Balaban J connectivity index is 1.65. The van der Waals surface area contributed by atoms with Crippen molar-refractivity contribution in [2.75, 3.05) is 17.9 Å². The number of methoxy groups -OCH3 is 1. The number of rotatable bonds is 4. The van der Waals surface area contributed by atoms with Crippen LogP contribution in [0.25, 0.3) is 0 Å². The van der Waals surface area contributed by atoms with Crippen molar-refractivity contribution in [1.29, 1.82) is 0 Å². The van der Waals surface area contributed by atoms with Gasteiger partial charge in [-0.3, -0.25) is 4.79 Å². The summed E-state index contributed by atoms with van der Waals surface area (Å²) < 4.78 is 8.09. The summed E-state index contributed by atoms with van der Waals surface area (Å²) >= 11 is 4.89. The molecule has 2 atom stereocenters. The van der Waals surface area contributed by atoms with Crippen molar-refractivity contribution in [2.45, 2.75) is 30.3 Å². The van der Waals surface area contributed by atoms with Crippen LogP contribution in [0.5, 0.6) is 5.75 Å². The van der Waals surface area contributed by atoms with Gasteiger partial charge in [0.15, 0.2) is 0 Å². The highest BCUT2D eigenvalue weighted by Crippen LogP contribution is 2.38. The van der Waals surface area contributed by atoms with Crippen LogP contribution in [0.4, 0.5) is 5.69 Å². The number of fused-ring (bicyclic) bond motifs is 1. The minimum atomic E-state index is -0.427. The summed E-state index contributed by atoms with van der Waals surface area (Å²) in [4.78, 5) is 13.2. The molecule has 0 saturated carbocycles. The van der Waals surface area contributed by atoms with Gasteiger partial charge in [0.2, 0.25) is 11.1 Å². The third-order valence-electron chi connectivity index (χ3n) is 4.76. The Morgan fingerprint density at radius 3 is 2.66 bits per heavy atom. The van der Waals surface area contributed by atoms with Crippen LogP contribution >= 0.6 is 27.7 Å². The predicted octanol–water partition coefficient (Wildman–Crippen LogP) is 4.06. The normalized spacial score (nSPS) is 17.9. The molecule has 1 aromatic heterocycles. The number of amides is 1. The van der Waals surface area contributed by atoms with Gasteiger partial charge in [-0.25, -0.2) is 4.68 Å². The average molecular weight is 474 g/mol. The van der Waals surface area contributed by atoms with Crippen LogP contribution in [0.3, 0.4) is 0 Å². The van der Waals surface area contributed by atoms with E-state index in [-0.39, 0.29) is 11.9 Å². The molecule has 0 saturated heterocycles. The van der Waals surface area contributed by atoms with E-state index in [2.05, 4.69) is 36.9 Å². The lowest BCUT2D eigenvalue weighted by Gasteiger charge is -2.32. The minimum absolute atomic E-state index is 0.100. The lowest BCUT2D eigenvalue weighted by molar-refractivity contribution is -0.116. The van der Waals surface area contributed by atoms with Crippen molar-refractivity contribution < 1.29 is 9.53 Å². The zero-order valence-electron chi connectivity index (χ0n) is 16.1. The molecule has 9 heteroatoms. The Labute approximate surface area is 181 Å². The number of ether oxygens (including phenoxy) is 1. The van der Waals surface area contributed by atoms with Crippen LogP contribution in [0.1, 0.15) is 23.0 Å². The molecule has 7 nitrogen and oxygen atoms in total. The third-order valence-corrected chi connectivity index (χ3v) is 6.86. The fraction of sp³-hybridized carbons (Fsp3) is 0.250. The second kappa shape index (κ2) is 8.08. The van der Waals surface area contributed by atoms with Crippen molar-refractivity contribution in [2.24, 2.45) is 0 Å². The van der Waals surface area contributed by atoms with Crippen LogP contribution in [-0.2, 0) is 4.79 Å². The zero-order valence-corrected chi connectivity index (χ0v) is 18.5. The summed E-state index contributed by atoms with van der Waals surface area (Å²) in [6.45, 7) is 3.86. The summed E-state index contributed by atoms with van der Waals surface area (Å²) in [5, 5.41) is 11.6. The molecule has 0 radical (unpaired) electrons. The molecule has 2 heterocycles. The van der Waals surface area contributed by atoms with E-state index in [0.29, 0.717) is 5.16 Å². The first kappa shape index (κ1) is 19.8. The molecule has 0 spiro atoms. The van der Waals surface area contributed by atoms with Crippen LogP contribution in [0.15, 0.2) is 52.1 Å². The van der Waals surface area contributed by atoms with E-state index in [9.17, 15) is 4.79 Å². The maximum absolute atomic E-state index is 13.2. The first-order valence-corrected chi connectivity index (χ1v) is 10.7. The van der Waals surface area contributed by atoms with E-state index < -0.39 is 5.25 Å². The quantitative estimate of drug-likeness (QED) is 0.594. The Kier molecular flexibility index (Phi) is 5.51. The lowest BCUT2D eigenvalue weighted by Crippen LogP contribution is -2.41.